The van der Waals surface area contributed by atoms with E-state index in [-0.39, 0.29) is 13.2 Å². The highest BCUT2D eigenvalue weighted by Gasteiger charge is 2.06. The molecule has 4 nitrogen and oxygen atoms in total. The topological polar surface area (TPSA) is 70.3 Å². The molecule has 0 aromatic heterocycles. The highest BCUT2D eigenvalue weighted by molar-refractivity contribution is 5.89. The summed E-state index contributed by atoms with van der Waals surface area (Å²) in [5.74, 6) is -0.435. The first-order chi connectivity index (χ1) is 7.77. The van der Waals surface area contributed by atoms with E-state index in [4.69, 9.17) is 15.1 Å². The lowest BCUT2D eigenvalue weighted by atomic mass is 10.1. The van der Waals surface area contributed by atoms with Crippen molar-refractivity contribution in [3.8, 4) is 6.07 Å². The van der Waals surface area contributed by atoms with Crippen LogP contribution in [0, 0.1) is 11.3 Å². The van der Waals surface area contributed by atoms with Crippen molar-refractivity contribution in [3.63, 3.8) is 0 Å². The third-order valence-corrected chi connectivity index (χ3v) is 2.01. The fourth-order valence-electron chi connectivity index (χ4n) is 1.18. The van der Waals surface area contributed by atoms with Gasteiger partial charge in [0.2, 0.25) is 0 Å². The summed E-state index contributed by atoms with van der Waals surface area (Å²) in [6, 6.07) is 8.33. The van der Waals surface area contributed by atoms with Crippen LogP contribution in [0.2, 0.25) is 0 Å². The average Bonchev–Trinajstić information content (AvgIpc) is 2.34. The molecule has 0 atom stereocenters. The zero-order valence-electron chi connectivity index (χ0n) is 8.85. The van der Waals surface area contributed by atoms with E-state index in [0.717, 1.165) is 0 Å². The molecule has 0 heterocycles. The maximum Gasteiger partial charge on any atom is 0.338 e. The van der Waals surface area contributed by atoms with Crippen LogP contribution in [0.15, 0.2) is 24.3 Å². The Hall–Kier alpha value is -1.86. The van der Waals surface area contributed by atoms with E-state index in [2.05, 4.69) is 0 Å². The van der Waals surface area contributed by atoms with Crippen molar-refractivity contribution in [3.05, 3.63) is 35.4 Å². The number of hydrogen-bond donors (Lipinski definition) is 1. The molecule has 0 bridgehead atoms. The van der Waals surface area contributed by atoms with E-state index in [0.29, 0.717) is 24.0 Å². The van der Waals surface area contributed by atoms with Gasteiger partial charge in [-0.2, -0.15) is 5.26 Å². The molecule has 16 heavy (non-hydrogen) atoms. The van der Waals surface area contributed by atoms with Crippen LogP contribution in [-0.2, 0) is 4.74 Å². The molecule has 0 radical (unpaired) electrons. The highest BCUT2D eigenvalue weighted by atomic mass is 16.5. The van der Waals surface area contributed by atoms with Crippen molar-refractivity contribution >= 4 is 5.97 Å². The number of unbranched alkanes of at least 4 members (excludes halogenated alkanes) is 1. The molecular weight excluding hydrogens is 206 g/mol. The van der Waals surface area contributed by atoms with E-state index >= 15 is 0 Å². The first-order valence-electron chi connectivity index (χ1n) is 5.06. The molecule has 0 unspecified atom stereocenters. The van der Waals surface area contributed by atoms with Gasteiger partial charge in [0.1, 0.15) is 0 Å². The predicted octanol–water partition coefficient (Wildman–Crippen LogP) is 1.49. The quantitative estimate of drug-likeness (QED) is 0.601. The Morgan fingerprint density at radius 3 is 2.94 bits per heavy atom. The Balaban J connectivity index is 2.50. The lowest BCUT2D eigenvalue weighted by Gasteiger charge is -2.03. The molecule has 0 aliphatic rings. The number of hydrogen-bond acceptors (Lipinski definition) is 4. The van der Waals surface area contributed by atoms with Gasteiger partial charge < -0.3 is 9.84 Å². The van der Waals surface area contributed by atoms with Gasteiger partial charge >= 0.3 is 5.97 Å². The number of esters is 1. The van der Waals surface area contributed by atoms with Crippen LogP contribution in [0.25, 0.3) is 0 Å². The molecule has 1 rings (SSSR count). The Morgan fingerprint density at radius 2 is 2.25 bits per heavy atom. The van der Waals surface area contributed by atoms with E-state index in [9.17, 15) is 4.79 Å². The lowest BCUT2D eigenvalue weighted by Crippen LogP contribution is -2.07. The van der Waals surface area contributed by atoms with Gasteiger partial charge in [-0.05, 0) is 31.0 Å². The molecule has 0 aliphatic heterocycles. The minimum atomic E-state index is -0.435. The van der Waals surface area contributed by atoms with Crippen LogP contribution in [0.3, 0.4) is 0 Å². The molecule has 4 heteroatoms. The maximum absolute atomic E-state index is 11.5. The molecule has 84 valence electrons. The summed E-state index contributed by atoms with van der Waals surface area (Å²) in [5.41, 5.74) is 0.813. The van der Waals surface area contributed by atoms with Gasteiger partial charge in [-0.3, -0.25) is 0 Å². The summed E-state index contributed by atoms with van der Waals surface area (Å²) in [7, 11) is 0. The second kappa shape index (κ2) is 6.59. The van der Waals surface area contributed by atoms with Gasteiger partial charge in [-0.15, -0.1) is 0 Å². The van der Waals surface area contributed by atoms with Crippen molar-refractivity contribution in [1.82, 2.24) is 0 Å². The number of nitriles is 1. The van der Waals surface area contributed by atoms with Gasteiger partial charge in [0, 0.05) is 6.61 Å². The molecule has 1 N–H and O–H groups in total. The van der Waals surface area contributed by atoms with Crippen molar-refractivity contribution in [2.75, 3.05) is 13.2 Å². The van der Waals surface area contributed by atoms with Crippen molar-refractivity contribution < 1.29 is 14.6 Å². The van der Waals surface area contributed by atoms with Crippen LogP contribution in [0.5, 0.6) is 0 Å². The summed E-state index contributed by atoms with van der Waals surface area (Å²) < 4.78 is 4.97. The third kappa shape index (κ3) is 3.71. The van der Waals surface area contributed by atoms with Crippen molar-refractivity contribution in [1.29, 1.82) is 5.26 Å². The normalized spacial score (nSPS) is 9.50. The van der Waals surface area contributed by atoms with Crippen molar-refractivity contribution in [2.24, 2.45) is 0 Å². The largest absolute Gasteiger partial charge is 0.462 e. The average molecular weight is 219 g/mol. The summed E-state index contributed by atoms with van der Waals surface area (Å²) in [5, 5.41) is 17.2. The Labute approximate surface area is 94.1 Å². The van der Waals surface area contributed by atoms with Crippen LogP contribution in [-0.4, -0.2) is 24.3 Å². The Morgan fingerprint density at radius 1 is 1.44 bits per heavy atom. The van der Waals surface area contributed by atoms with Gasteiger partial charge in [-0.1, -0.05) is 6.07 Å². The lowest BCUT2D eigenvalue weighted by molar-refractivity contribution is 0.0492. The van der Waals surface area contributed by atoms with Gasteiger partial charge in [0.25, 0.3) is 0 Å². The fraction of sp³-hybridized carbons (Fsp3) is 0.333. The number of nitrogens with zero attached hydrogens (tertiary/aromatic N) is 1. The van der Waals surface area contributed by atoms with Gasteiger partial charge in [0.15, 0.2) is 0 Å². The summed E-state index contributed by atoms with van der Waals surface area (Å²) in [4.78, 5) is 11.5. The minimum Gasteiger partial charge on any atom is -0.462 e. The van der Waals surface area contributed by atoms with E-state index in [1.807, 2.05) is 6.07 Å². The van der Waals surface area contributed by atoms with Crippen LogP contribution >= 0.6 is 0 Å². The molecular formula is C12H13NO3. The molecule has 0 fully saturated rings. The Kier molecular flexibility index (Phi) is 5.03. The number of carbonyl (C=O) groups excluding carboxylic acids is 1. The summed E-state index contributed by atoms with van der Waals surface area (Å²) >= 11 is 0. The predicted molar refractivity (Wildman–Crippen MR) is 57.8 cm³/mol. The number of aliphatic hydroxyl groups excluding tert-OH is 1. The zero-order chi connectivity index (χ0) is 11.8. The first-order valence-corrected chi connectivity index (χ1v) is 5.06. The number of rotatable bonds is 5. The standard InChI is InChI=1S/C12H13NO3/c13-9-10-4-3-5-11(8-10)12(15)16-7-2-1-6-14/h3-5,8,14H,1-2,6-7H2. The van der Waals surface area contributed by atoms with E-state index in [1.165, 1.54) is 6.07 Å². The molecule has 1 aromatic rings. The molecule has 0 aliphatic carbocycles. The van der Waals surface area contributed by atoms with Gasteiger partial charge in [-0.25, -0.2) is 4.79 Å². The maximum atomic E-state index is 11.5. The highest BCUT2D eigenvalue weighted by Crippen LogP contribution is 2.06. The molecule has 0 amide bonds. The minimum absolute atomic E-state index is 0.0987. The third-order valence-electron chi connectivity index (χ3n) is 2.01. The molecule has 0 saturated heterocycles. The van der Waals surface area contributed by atoms with Crippen LogP contribution < -0.4 is 0 Å². The van der Waals surface area contributed by atoms with E-state index in [1.54, 1.807) is 18.2 Å². The molecule has 0 saturated carbocycles. The van der Waals surface area contributed by atoms with Gasteiger partial charge in [0.05, 0.1) is 23.8 Å². The van der Waals surface area contributed by atoms with Crippen molar-refractivity contribution in [2.45, 2.75) is 12.8 Å². The number of benzene rings is 1. The summed E-state index contributed by atoms with van der Waals surface area (Å²) in [6.45, 7) is 0.387. The Bertz CT molecular complexity index is 395. The number of ether oxygens (including phenoxy) is 1. The molecule has 0 spiro atoms. The monoisotopic (exact) mass is 219 g/mol. The second-order valence-electron chi connectivity index (χ2n) is 3.26. The molecule has 1 aromatic carbocycles. The number of carbonyl (C=O) groups is 1. The first kappa shape index (κ1) is 12.2. The smallest absolute Gasteiger partial charge is 0.338 e. The summed E-state index contributed by atoms with van der Waals surface area (Å²) in [6.07, 6.45) is 1.26. The fourth-order valence-corrected chi connectivity index (χ4v) is 1.18. The zero-order valence-corrected chi connectivity index (χ0v) is 8.85. The van der Waals surface area contributed by atoms with Crippen LogP contribution in [0.4, 0.5) is 0 Å². The SMILES string of the molecule is N#Cc1cccc(C(=O)OCCCCO)c1. The van der Waals surface area contributed by atoms with E-state index < -0.39 is 5.97 Å². The van der Waals surface area contributed by atoms with Crippen LogP contribution in [0.1, 0.15) is 28.8 Å². The second-order valence-corrected chi connectivity index (χ2v) is 3.26. The number of aliphatic hydroxyl groups is 1.